The normalized spacial score (nSPS) is 19.7. The zero-order chi connectivity index (χ0) is 24.9. The van der Waals surface area contributed by atoms with Gasteiger partial charge in [0.2, 0.25) is 17.7 Å². The van der Waals surface area contributed by atoms with Crippen LogP contribution >= 0.6 is 11.3 Å². The van der Waals surface area contributed by atoms with Gasteiger partial charge < -0.3 is 15.1 Å². The molecule has 1 N–H and O–H groups in total. The Kier molecular flexibility index (Phi) is 5.71. The van der Waals surface area contributed by atoms with Crippen molar-refractivity contribution in [3.63, 3.8) is 0 Å². The number of hydrogen-bond donors (Lipinski definition) is 1. The van der Waals surface area contributed by atoms with Gasteiger partial charge in [-0.2, -0.15) is 0 Å². The van der Waals surface area contributed by atoms with Crippen molar-refractivity contribution < 1.29 is 14.4 Å². The molecule has 0 bridgehead atoms. The van der Waals surface area contributed by atoms with Gasteiger partial charge >= 0.3 is 0 Å². The third kappa shape index (κ3) is 4.01. The van der Waals surface area contributed by atoms with E-state index in [9.17, 15) is 14.4 Å². The van der Waals surface area contributed by atoms with Crippen LogP contribution < -0.4 is 10.2 Å². The highest BCUT2D eigenvalue weighted by Gasteiger charge is 2.42. The lowest BCUT2D eigenvalue weighted by Gasteiger charge is -2.25. The quantitative estimate of drug-likeness (QED) is 0.569. The standard InChI is InChI=1S/C27H28N4O3S/c1-16(17-8-6-5-7-9-17)31-14-19(13-23(31)32)24(33)29-26-28-21(15-35-26)18-10-11-22-20(12-18)27(2,3)25(34)30(22)4/h5-12,15-16,19H,13-14H2,1-4H3,(H,28,29,33). The van der Waals surface area contributed by atoms with E-state index < -0.39 is 11.3 Å². The van der Waals surface area contributed by atoms with Crippen LogP contribution in [-0.2, 0) is 19.8 Å². The van der Waals surface area contributed by atoms with Gasteiger partial charge in [-0.05, 0) is 44.0 Å². The Labute approximate surface area is 208 Å². The van der Waals surface area contributed by atoms with Crippen LogP contribution in [-0.4, -0.2) is 41.2 Å². The molecule has 0 aliphatic carbocycles. The molecule has 1 aromatic heterocycles. The SMILES string of the molecule is CC(c1ccccc1)N1CC(C(=O)Nc2nc(-c3ccc4c(c3)C(C)(C)C(=O)N4C)cs2)CC1=O. The molecule has 2 aliphatic heterocycles. The monoisotopic (exact) mass is 488 g/mol. The molecule has 8 heteroatoms. The zero-order valence-electron chi connectivity index (χ0n) is 20.2. The van der Waals surface area contributed by atoms with E-state index >= 15 is 0 Å². The maximum absolute atomic E-state index is 13.0. The minimum atomic E-state index is -0.592. The minimum Gasteiger partial charge on any atom is -0.335 e. The molecule has 0 radical (unpaired) electrons. The number of aromatic nitrogens is 1. The van der Waals surface area contributed by atoms with E-state index in [1.807, 2.05) is 74.7 Å². The maximum atomic E-state index is 13.0. The number of thiazole rings is 1. The number of hydrogen-bond acceptors (Lipinski definition) is 5. The van der Waals surface area contributed by atoms with Crippen LogP contribution in [0, 0.1) is 5.92 Å². The highest BCUT2D eigenvalue weighted by atomic mass is 32.1. The Hall–Kier alpha value is -3.52. The van der Waals surface area contributed by atoms with Crippen molar-refractivity contribution in [1.82, 2.24) is 9.88 Å². The first-order valence-electron chi connectivity index (χ1n) is 11.7. The summed E-state index contributed by atoms with van der Waals surface area (Å²) >= 11 is 1.35. The van der Waals surface area contributed by atoms with Crippen molar-refractivity contribution in [1.29, 1.82) is 0 Å². The maximum Gasteiger partial charge on any atom is 0.236 e. The van der Waals surface area contributed by atoms with Gasteiger partial charge in [-0.15, -0.1) is 11.3 Å². The van der Waals surface area contributed by atoms with Crippen LogP contribution in [0.2, 0.25) is 0 Å². The van der Waals surface area contributed by atoms with E-state index in [1.54, 1.807) is 16.8 Å². The topological polar surface area (TPSA) is 82.6 Å². The van der Waals surface area contributed by atoms with Crippen LogP contribution in [0.25, 0.3) is 11.3 Å². The van der Waals surface area contributed by atoms with Gasteiger partial charge in [0, 0.05) is 36.6 Å². The third-order valence-electron chi connectivity index (χ3n) is 7.18. The molecule has 1 saturated heterocycles. The lowest BCUT2D eigenvalue weighted by atomic mass is 9.85. The third-order valence-corrected chi connectivity index (χ3v) is 7.94. The first-order chi connectivity index (χ1) is 16.7. The fraction of sp³-hybridized carbons (Fsp3) is 0.333. The average Bonchev–Trinajstić information content (AvgIpc) is 3.53. The number of fused-ring (bicyclic) bond motifs is 1. The van der Waals surface area contributed by atoms with E-state index in [0.717, 1.165) is 28.1 Å². The van der Waals surface area contributed by atoms with Crippen molar-refractivity contribution in [3.8, 4) is 11.3 Å². The number of nitrogens with one attached hydrogen (secondary N) is 1. The number of carbonyl (C=O) groups excluding carboxylic acids is 3. The van der Waals surface area contributed by atoms with E-state index in [-0.39, 0.29) is 30.2 Å². The summed E-state index contributed by atoms with van der Waals surface area (Å²) in [6.45, 7) is 6.24. The molecule has 3 amide bonds. The molecule has 3 heterocycles. The first-order valence-corrected chi connectivity index (χ1v) is 12.6. The molecule has 2 aromatic carbocycles. The van der Waals surface area contributed by atoms with Gasteiger partial charge in [-0.25, -0.2) is 4.98 Å². The fourth-order valence-corrected chi connectivity index (χ4v) is 5.72. The molecule has 3 aromatic rings. The minimum absolute atomic E-state index is 0.0124. The summed E-state index contributed by atoms with van der Waals surface area (Å²) in [6.07, 6.45) is 0.197. The lowest BCUT2D eigenvalue weighted by molar-refractivity contribution is -0.129. The van der Waals surface area contributed by atoms with E-state index in [4.69, 9.17) is 0 Å². The van der Waals surface area contributed by atoms with E-state index in [1.165, 1.54) is 11.3 Å². The summed E-state index contributed by atoms with van der Waals surface area (Å²) in [6, 6.07) is 15.7. The number of carbonyl (C=O) groups is 3. The van der Waals surface area contributed by atoms with Crippen LogP contribution in [0.5, 0.6) is 0 Å². The zero-order valence-corrected chi connectivity index (χ0v) is 21.1. The van der Waals surface area contributed by atoms with Gasteiger partial charge in [0.25, 0.3) is 0 Å². The number of likely N-dealkylation sites (tertiary alicyclic amines) is 1. The van der Waals surface area contributed by atoms with Crippen LogP contribution in [0.4, 0.5) is 10.8 Å². The lowest BCUT2D eigenvalue weighted by Crippen LogP contribution is -2.33. The molecule has 2 atom stereocenters. The molecule has 5 rings (SSSR count). The number of benzene rings is 2. The molecular formula is C27H28N4O3S. The molecule has 0 saturated carbocycles. The summed E-state index contributed by atoms with van der Waals surface area (Å²) in [7, 11) is 1.79. The van der Waals surface area contributed by atoms with Gasteiger partial charge in [-0.1, -0.05) is 36.4 Å². The number of anilines is 2. The van der Waals surface area contributed by atoms with Gasteiger partial charge in [-0.3, -0.25) is 14.4 Å². The second-order valence-corrected chi connectivity index (χ2v) is 10.6. The summed E-state index contributed by atoms with van der Waals surface area (Å²) in [5.74, 6) is -0.549. The smallest absolute Gasteiger partial charge is 0.236 e. The molecule has 0 spiro atoms. The Bertz CT molecular complexity index is 1320. The van der Waals surface area contributed by atoms with Crippen molar-refractivity contribution in [2.75, 3.05) is 23.8 Å². The number of nitrogens with zero attached hydrogens (tertiary/aromatic N) is 3. The average molecular weight is 489 g/mol. The molecule has 35 heavy (non-hydrogen) atoms. The fourth-order valence-electron chi connectivity index (χ4n) is 5.00. The molecule has 1 fully saturated rings. The van der Waals surface area contributed by atoms with Gasteiger partial charge in [0.05, 0.1) is 23.1 Å². The van der Waals surface area contributed by atoms with Crippen LogP contribution in [0.15, 0.2) is 53.9 Å². The predicted octanol–water partition coefficient (Wildman–Crippen LogP) is 4.61. The van der Waals surface area contributed by atoms with Crippen molar-refractivity contribution >= 4 is 39.9 Å². The first kappa shape index (κ1) is 23.2. The number of amides is 3. The molecule has 2 aliphatic rings. The van der Waals surface area contributed by atoms with Crippen LogP contribution in [0.1, 0.15) is 44.4 Å². The Morgan fingerprint density at radius 3 is 2.66 bits per heavy atom. The Morgan fingerprint density at radius 1 is 1.17 bits per heavy atom. The number of rotatable bonds is 5. The van der Waals surface area contributed by atoms with Gasteiger partial charge in [0.15, 0.2) is 5.13 Å². The molecule has 180 valence electrons. The Balaban J connectivity index is 1.28. The summed E-state index contributed by atoms with van der Waals surface area (Å²) in [5.41, 5.74) is 3.98. The number of likely N-dealkylation sites (N-methyl/N-ethyl adjacent to an activating group) is 1. The highest BCUT2D eigenvalue weighted by molar-refractivity contribution is 7.14. The van der Waals surface area contributed by atoms with E-state index in [0.29, 0.717) is 11.7 Å². The summed E-state index contributed by atoms with van der Waals surface area (Å²) < 4.78 is 0. The molecular weight excluding hydrogens is 460 g/mol. The second-order valence-electron chi connectivity index (χ2n) is 9.78. The second kappa shape index (κ2) is 8.61. The highest BCUT2D eigenvalue weighted by Crippen LogP contribution is 2.42. The summed E-state index contributed by atoms with van der Waals surface area (Å²) in [5, 5.41) is 5.30. The van der Waals surface area contributed by atoms with Crippen molar-refractivity contribution in [2.45, 2.75) is 38.6 Å². The van der Waals surface area contributed by atoms with E-state index in [2.05, 4.69) is 10.3 Å². The van der Waals surface area contributed by atoms with Crippen molar-refractivity contribution in [2.24, 2.45) is 5.92 Å². The summed E-state index contributed by atoms with van der Waals surface area (Å²) in [4.78, 5) is 46.3. The van der Waals surface area contributed by atoms with Gasteiger partial charge in [0.1, 0.15) is 0 Å². The Morgan fingerprint density at radius 2 is 1.91 bits per heavy atom. The molecule has 2 unspecified atom stereocenters. The predicted molar refractivity (Wildman–Crippen MR) is 137 cm³/mol. The van der Waals surface area contributed by atoms with Crippen LogP contribution in [0.3, 0.4) is 0 Å². The van der Waals surface area contributed by atoms with Crippen molar-refractivity contribution in [3.05, 3.63) is 65.0 Å². The molecule has 7 nitrogen and oxygen atoms in total. The largest absolute Gasteiger partial charge is 0.335 e.